The van der Waals surface area contributed by atoms with Crippen LogP contribution in [0, 0.1) is 0 Å². The summed E-state index contributed by atoms with van der Waals surface area (Å²) >= 11 is 0. The molecule has 1 saturated carbocycles. The van der Waals surface area contributed by atoms with Crippen LogP contribution in [-0.4, -0.2) is 23.6 Å². The lowest BCUT2D eigenvalue weighted by atomic mass is 9.88. The highest BCUT2D eigenvalue weighted by Crippen LogP contribution is 2.27. The van der Waals surface area contributed by atoms with Crippen LogP contribution >= 0.6 is 0 Å². The van der Waals surface area contributed by atoms with Crippen LogP contribution in [-0.2, 0) is 5.41 Å². The molecule has 0 unspecified atom stereocenters. The lowest BCUT2D eigenvalue weighted by Crippen LogP contribution is -2.41. The third-order valence-electron chi connectivity index (χ3n) is 4.43. The van der Waals surface area contributed by atoms with Gasteiger partial charge < -0.3 is 10.6 Å². The first-order valence-electron chi connectivity index (χ1n) is 7.90. The largest absolute Gasteiger partial charge is 0.354 e. The van der Waals surface area contributed by atoms with E-state index in [2.05, 4.69) is 44.7 Å². The zero-order chi connectivity index (χ0) is 14.8. The Morgan fingerprint density at radius 2 is 1.85 bits per heavy atom. The Labute approximate surface area is 123 Å². The maximum absolute atomic E-state index is 6.01. The van der Waals surface area contributed by atoms with E-state index in [0.29, 0.717) is 12.1 Å². The molecule has 1 aromatic rings. The molecule has 0 spiro atoms. The molecule has 0 aromatic carbocycles. The highest BCUT2D eigenvalue weighted by Gasteiger charge is 2.24. The van der Waals surface area contributed by atoms with Crippen LogP contribution < -0.4 is 10.6 Å². The summed E-state index contributed by atoms with van der Waals surface area (Å²) < 4.78 is 0. The normalized spacial score (nSPS) is 23.6. The Morgan fingerprint density at radius 1 is 1.20 bits per heavy atom. The van der Waals surface area contributed by atoms with Crippen molar-refractivity contribution in [1.29, 1.82) is 0 Å². The highest BCUT2D eigenvalue weighted by molar-refractivity contribution is 5.41. The van der Waals surface area contributed by atoms with E-state index in [1.807, 2.05) is 6.20 Å². The van der Waals surface area contributed by atoms with E-state index in [-0.39, 0.29) is 5.41 Å². The molecule has 1 heterocycles. The van der Waals surface area contributed by atoms with Gasteiger partial charge in [0.1, 0.15) is 5.82 Å². The molecule has 0 atom stereocenters. The highest BCUT2D eigenvalue weighted by atomic mass is 15.2. The minimum Gasteiger partial charge on any atom is -0.354 e. The number of hydrogen-bond donors (Lipinski definition) is 1. The van der Waals surface area contributed by atoms with E-state index in [1.165, 1.54) is 18.4 Å². The van der Waals surface area contributed by atoms with Crippen molar-refractivity contribution in [3.8, 4) is 0 Å². The van der Waals surface area contributed by atoms with Crippen LogP contribution in [0.2, 0.25) is 0 Å². The molecule has 0 amide bonds. The van der Waals surface area contributed by atoms with E-state index in [9.17, 15) is 0 Å². The van der Waals surface area contributed by atoms with Crippen molar-refractivity contribution in [1.82, 2.24) is 4.98 Å². The van der Waals surface area contributed by atoms with Crippen molar-refractivity contribution in [3.05, 3.63) is 23.9 Å². The van der Waals surface area contributed by atoms with Gasteiger partial charge in [0.25, 0.3) is 0 Å². The topological polar surface area (TPSA) is 42.2 Å². The van der Waals surface area contributed by atoms with Gasteiger partial charge in [-0.15, -0.1) is 0 Å². The zero-order valence-corrected chi connectivity index (χ0v) is 13.4. The number of nitrogens with zero attached hydrogens (tertiary/aromatic N) is 2. The van der Waals surface area contributed by atoms with Crippen molar-refractivity contribution in [2.24, 2.45) is 5.73 Å². The van der Waals surface area contributed by atoms with Gasteiger partial charge in [-0.3, -0.25) is 0 Å². The molecule has 20 heavy (non-hydrogen) atoms. The second kappa shape index (κ2) is 6.13. The number of nitrogens with two attached hydrogens (primary N) is 1. The van der Waals surface area contributed by atoms with Gasteiger partial charge >= 0.3 is 0 Å². The predicted octanol–water partition coefficient (Wildman–Crippen LogP) is 3.48. The van der Waals surface area contributed by atoms with Gasteiger partial charge in [0.2, 0.25) is 0 Å². The van der Waals surface area contributed by atoms with E-state index in [0.717, 1.165) is 25.2 Å². The summed E-state index contributed by atoms with van der Waals surface area (Å²) in [6.45, 7) is 9.91. The van der Waals surface area contributed by atoms with Crippen molar-refractivity contribution in [2.75, 3.05) is 11.4 Å². The second-order valence-electron chi connectivity index (χ2n) is 7.01. The average molecular weight is 275 g/mol. The zero-order valence-electron chi connectivity index (χ0n) is 13.4. The summed E-state index contributed by atoms with van der Waals surface area (Å²) in [5.41, 5.74) is 7.47. The molecule has 0 aliphatic heterocycles. The fraction of sp³-hybridized carbons (Fsp3) is 0.706. The fourth-order valence-electron chi connectivity index (χ4n) is 3.02. The first-order chi connectivity index (χ1) is 9.41. The number of rotatable bonds is 3. The summed E-state index contributed by atoms with van der Waals surface area (Å²) in [5, 5.41) is 0. The van der Waals surface area contributed by atoms with Crippen LogP contribution in [0.4, 0.5) is 5.82 Å². The third kappa shape index (κ3) is 3.51. The molecule has 2 N–H and O–H groups in total. The number of anilines is 1. The smallest absolute Gasteiger partial charge is 0.128 e. The molecule has 3 heteroatoms. The Kier molecular flexibility index (Phi) is 4.69. The van der Waals surface area contributed by atoms with E-state index in [4.69, 9.17) is 10.7 Å². The number of aromatic nitrogens is 1. The van der Waals surface area contributed by atoms with Crippen LogP contribution in [0.15, 0.2) is 18.3 Å². The molecule has 1 aliphatic carbocycles. The van der Waals surface area contributed by atoms with Crippen molar-refractivity contribution < 1.29 is 0 Å². The molecule has 112 valence electrons. The fourth-order valence-corrected chi connectivity index (χ4v) is 3.02. The van der Waals surface area contributed by atoms with Gasteiger partial charge in [-0.05, 0) is 49.7 Å². The van der Waals surface area contributed by atoms with Crippen LogP contribution in [0.1, 0.15) is 58.9 Å². The number of hydrogen-bond acceptors (Lipinski definition) is 3. The summed E-state index contributed by atoms with van der Waals surface area (Å²) in [4.78, 5) is 7.15. The van der Waals surface area contributed by atoms with Crippen molar-refractivity contribution in [2.45, 2.75) is 70.9 Å². The standard InChI is InChI=1S/C17H29N3/c1-5-20(15-9-7-14(18)8-10-15)16-11-6-13(12-19-16)17(2,3)4/h6,11-12,14-15H,5,7-10,18H2,1-4H3. The van der Waals surface area contributed by atoms with Crippen molar-refractivity contribution in [3.63, 3.8) is 0 Å². The summed E-state index contributed by atoms with van der Waals surface area (Å²) in [7, 11) is 0. The number of pyridine rings is 1. The maximum atomic E-state index is 6.01. The molecule has 0 radical (unpaired) electrons. The first kappa shape index (κ1) is 15.3. The van der Waals surface area contributed by atoms with E-state index >= 15 is 0 Å². The maximum Gasteiger partial charge on any atom is 0.128 e. The second-order valence-corrected chi connectivity index (χ2v) is 7.01. The molecule has 1 aliphatic rings. The Balaban J connectivity index is 2.11. The molecular weight excluding hydrogens is 246 g/mol. The van der Waals surface area contributed by atoms with E-state index in [1.54, 1.807) is 0 Å². The molecular formula is C17H29N3. The lowest BCUT2D eigenvalue weighted by molar-refractivity contribution is 0.377. The quantitative estimate of drug-likeness (QED) is 0.918. The Bertz CT molecular complexity index is 411. The van der Waals surface area contributed by atoms with E-state index < -0.39 is 0 Å². The minimum absolute atomic E-state index is 0.167. The summed E-state index contributed by atoms with van der Waals surface area (Å²) in [6, 6.07) is 5.41. The van der Waals surface area contributed by atoms with Gasteiger partial charge in [-0.1, -0.05) is 26.8 Å². The SMILES string of the molecule is CCN(c1ccc(C(C)(C)C)cn1)C1CCC(N)CC1. The molecule has 1 aromatic heterocycles. The predicted molar refractivity (Wildman–Crippen MR) is 86.2 cm³/mol. The van der Waals surface area contributed by atoms with Gasteiger partial charge in [0.05, 0.1) is 0 Å². The van der Waals surface area contributed by atoms with Crippen LogP contribution in [0.25, 0.3) is 0 Å². The Hall–Kier alpha value is -1.09. The van der Waals surface area contributed by atoms with Crippen molar-refractivity contribution >= 4 is 5.82 Å². The molecule has 2 rings (SSSR count). The molecule has 3 nitrogen and oxygen atoms in total. The molecule has 0 saturated heterocycles. The minimum atomic E-state index is 0.167. The van der Waals surface area contributed by atoms with Gasteiger partial charge in [0.15, 0.2) is 0 Å². The summed E-state index contributed by atoms with van der Waals surface area (Å²) in [5.74, 6) is 1.11. The van der Waals surface area contributed by atoms with Gasteiger partial charge in [0, 0.05) is 24.8 Å². The monoisotopic (exact) mass is 275 g/mol. The third-order valence-corrected chi connectivity index (χ3v) is 4.43. The molecule has 1 fully saturated rings. The summed E-state index contributed by atoms with van der Waals surface area (Å²) in [6.07, 6.45) is 6.70. The average Bonchev–Trinajstić information content (AvgIpc) is 2.41. The van der Waals surface area contributed by atoms with Gasteiger partial charge in [-0.25, -0.2) is 4.98 Å². The molecule has 0 bridgehead atoms. The Morgan fingerprint density at radius 3 is 2.30 bits per heavy atom. The van der Waals surface area contributed by atoms with Gasteiger partial charge in [-0.2, -0.15) is 0 Å². The first-order valence-corrected chi connectivity index (χ1v) is 7.90. The van der Waals surface area contributed by atoms with Crippen LogP contribution in [0.3, 0.4) is 0 Å². The lowest BCUT2D eigenvalue weighted by Gasteiger charge is -2.36. The van der Waals surface area contributed by atoms with Crippen LogP contribution in [0.5, 0.6) is 0 Å².